The van der Waals surface area contributed by atoms with Gasteiger partial charge in [-0.1, -0.05) is 26.2 Å². The molecule has 0 bridgehead atoms. The fourth-order valence-electron chi connectivity index (χ4n) is 2.84. The van der Waals surface area contributed by atoms with Gasteiger partial charge in [0.15, 0.2) is 0 Å². The van der Waals surface area contributed by atoms with E-state index in [1.165, 1.54) is 38.5 Å². The van der Waals surface area contributed by atoms with E-state index in [0.29, 0.717) is 6.04 Å². The lowest BCUT2D eigenvalue weighted by Crippen LogP contribution is -2.13. The van der Waals surface area contributed by atoms with Crippen molar-refractivity contribution in [1.82, 2.24) is 9.78 Å². The van der Waals surface area contributed by atoms with Crippen LogP contribution in [-0.2, 0) is 0 Å². The Bertz CT molecular complexity index is 386. The molecule has 4 heteroatoms. The van der Waals surface area contributed by atoms with Crippen LogP contribution in [0.1, 0.15) is 57.2 Å². The maximum atomic E-state index is 6.15. The van der Waals surface area contributed by atoms with Crippen molar-refractivity contribution in [2.75, 3.05) is 5.73 Å². The first-order chi connectivity index (χ1) is 8.13. The summed E-state index contributed by atoms with van der Waals surface area (Å²) in [5.41, 5.74) is 7.21. The number of nitrogens with two attached hydrogens (primary N) is 1. The molecule has 1 aliphatic carbocycles. The van der Waals surface area contributed by atoms with E-state index in [9.17, 15) is 0 Å². The van der Waals surface area contributed by atoms with E-state index in [0.717, 1.165) is 21.0 Å². The van der Waals surface area contributed by atoms with Crippen LogP contribution < -0.4 is 5.73 Å². The number of rotatable bonds is 2. The average Bonchev–Trinajstić information content (AvgIpc) is 2.55. The number of anilines is 1. The highest BCUT2D eigenvalue weighted by molar-refractivity contribution is 14.1. The van der Waals surface area contributed by atoms with Gasteiger partial charge in [-0.15, -0.1) is 0 Å². The molecule has 3 nitrogen and oxygen atoms in total. The van der Waals surface area contributed by atoms with Crippen LogP contribution in [-0.4, -0.2) is 9.78 Å². The van der Waals surface area contributed by atoms with Gasteiger partial charge in [-0.05, 0) is 54.7 Å². The maximum absolute atomic E-state index is 6.15. The first-order valence-corrected chi connectivity index (χ1v) is 7.71. The molecule has 0 saturated heterocycles. The molecule has 17 heavy (non-hydrogen) atoms. The monoisotopic (exact) mass is 347 g/mol. The molecular formula is C13H22IN3. The van der Waals surface area contributed by atoms with Crippen molar-refractivity contribution in [2.24, 2.45) is 5.92 Å². The zero-order valence-electron chi connectivity index (χ0n) is 10.7. The summed E-state index contributed by atoms with van der Waals surface area (Å²) >= 11 is 2.30. The second-order valence-corrected chi connectivity index (χ2v) is 6.24. The number of hydrogen-bond acceptors (Lipinski definition) is 2. The lowest BCUT2D eigenvalue weighted by atomic mass is 9.98. The van der Waals surface area contributed by atoms with Gasteiger partial charge in [-0.3, -0.25) is 0 Å². The summed E-state index contributed by atoms with van der Waals surface area (Å²) < 4.78 is 3.20. The van der Waals surface area contributed by atoms with E-state index < -0.39 is 0 Å². The molecule has 1 fully saturated rings. The topological polar surface area (TPSA) is 43.8 Å². The van der Waals surface area contributed by atoms with E-state index in [4.69, 9.17) is 5.73 Å². The molecule has 1 aliphatic rings. The smallest absolute Gasteiger partial charge is 0.135 e. The first-order valence-electron chi connectivity index (χ1n) is 6.63. The normalized spacial score (nSPS) is 25.8. The zero-order valence-corrected chi connectivity index (χ0v) is 12.9. The van der Waals surface area contributed by atoms with E-state index >= 15 is 0 Å². The van der Waals surface area contributed by atoms with Gasteiger partial charge in [0.1, 0.15) is 5.82 Å². The van der Waals surface area contributed by atoms with Crippen molar-refractivity contribution in [3.63, 3.8) is 0 Å². The lowest BCUT2D eigenvalue weighted by molar-refractivity contribution is 0.393. The molecule has 2 unspecified atom stereocenters. The number of halogens is 1. The Morgan fingerprint density at radius 2 is 2.12 bits per heavy atom. The van der Waals surface area contributed by atoms with Crippen molar-refractivity contribution >= 4 is 28.4 Å². The van der Waals surface area contributed by atoms with Gasteiger partial charge < -0.3 is 5.73 Å². The Hall–Kier alpha value is -0.260. The van der Waals surface area contributed by atoms with E-state index in [1.807, 2.05) is 6.92 Å². The average molecular weight is 347 g/mol. The Morgan fingerprint density at radius 1 is 1.35 bits per heavy atom. The van der Waals surface area contributed by atoms with Crippen molar-refractivity contribution in [2.45, 2.75) is 58.4 Å². The molecule has 2 rings (SSSR count). The Morgan fingerprint density at radius 3 is 2.71 bits per heavy atom. The third-order valence-electron chi connectivity index (χ3n) is 4.03. The van der Waals surface area contributed by atoms with Crippen molar-refractivity contribution in [3.8, 4) is 0 Å². The van der Waals surface area contributed by atoms with Gasteiger partial charge in [0.25, 0.3) is 0 Å². The van der Waals surface area contributed by atoms with Gasteiger partial charge in [-0.25, -0.2) is 4.68 Å². The van der Waals surface area contributed by atoms with Crippen LogP contribution in [0, 0.1) is 16.4 Å². The third-order valence-corrected chi connectivity index (χ3v) is 5.36. The standard InChI is InChI=1S/C13H22IN3/c1-3-10-5-4-6-11(8-7-10)17-13(15)12(14)9(2)16-17/h10-11H,3-8,15H2,1-2H3. The van der Waals surface area contributed by atoms with Crippen LogP contribution in [0.25, 0.3) is 0 Å². The molecule has 0 aliphatic heterocycles. The van der Waals surface area contributed by atoms with Crippen LogP contribution in [0.2, 0.25) is 0 Å². The van der Waals surface area contributed by atoms with Crippen LogP contribution in [0.4, 0.5) is 5.82 Å². The fourth-order valence-corrected chi connectivity index (χ4v) is 3.19. The molecule has 2 N–H and O–H groups in total. The number of nitrogens with zero attached hydrogens (tertiary/aromatic N) is 2. The largest absolute Gasteiger partial charge is 0.383 e. The third kappa shape index (κ3) is 2.77. The van der Waals surface area contributed by atoms with Gasteiger partial charge in [0, 0.05) is 0 Å². The molecule has 1 heterocycles. The zero-order chi connectivity index (χ0) is 12.4. The Labute approximate surface area is 117 Å². The molecule has 1 aromatic heterocycles. The van der Waals surface area contributed by atoms with E-state index in [2.05, 4.69) is 39.3 Å². The predicted molar refractivity (Wildman–Crippen MR) is 80.0 cm³/mol. The van der Waals surface area contributed by atoms with Crippen molar-refractivity contribution in [3.05, 3.63) is 9.26 Å². The Kier molecular flexibility index (Phi) is 4.33. The quantitative estimate of drug-likeness (QED) is 0.651. The summed E-state index contributed by atoms with van der Waals surface area (Å²) in [6, 6.07) is 0.522. The van der Waals surface area contributed by atoms with Gasteiger partial charge in [-0.2, -0.15) is 5.10 Å². The minimum absolute atomic E-state index is 0.522. The van der Waals surface area contributed by atoms with Gasteiger partial charge >= 0.3 is 0 Å². The minimum atomic E-state index is 0.522. The molecular weight excluding hydrogens is 325 g/mol. The van der Waals surface area contributed by atoms with Crippen molar-refractivity contribution in [1.29, 1.82) is 0 Å². The van der Waals surface area contributed by atoms with Crippen LogP contribution in [0.15, 0.2) is 0 Å². The van der Waals surface area contributed by atoms with E-state index in [-0.39, 0.29) is 0 Å². The Balaban J connectivity index is 2.14. The van der Waals surface area contributed by atoms with E-state index in [1.54, 1.807) is 0 Å². The van der Waals surface area contributed by atoms with Crippen molar-refractivity contribution < 1.29 is 0 Å². The number of hydrogen-bond donors (Lipinski definition) is 1. The SMILES string of the molecule is CCC1CCCC(n2nc(C)c(I)c2N)CC1. The molecule has 0 spiro atoms. The first kappa shape index (κ1) is 13.2. The summed E-state index contributed by atoms with van der Waals surface area (Å²) in [4.78, 5) is 0. The summed E-state index contributed by atoms with van der Waals surface area (Å²) in [7, 11) is 0. The molecule has 2 atom stereocenters. The molecule has 1 saturated carbocycles. The molecule has 0 aromatic carbocycles. The summed E-state index contributed by atoms with van der Waals surface area (Å²) in [6.07, 6.45) is 7.81. The lowest BCUT2D eigenvalue weighted by Gasteiger charge is -2.16. The van der Waals surface area contributed by atoms with Gasteiger partial charge in [0.2, 0.25) is 0 Å². The fraction of sp³-hybridized carbons (Fsp3) is 0.769. The second-order valence-electron chi connectivity index (χ2n) is 5.17. The molecule has 0 radical (unpaired) electrons. The van der Waals surface area contributed by atoms with Gasteiger partial charge in [0.05, 0.1) is 15.3 Å². The van der Waals surface area contributed by atoms with Crippen LogP contribution in [0.5, 0.6) is 0 Å². The highest BCUT2D eigenvalue weighted by Crippen LogP contribution is 2.34. The summed E-state index contributed by atoms with van der Waals surface area (Å²) in [5, 5.41) is 4.61. The number of aryl methyl sites for hydroxylation is 1. The molecule has 0 amide bonds. The number of nitrogen functional groups attached to an aromatic ring is 1. The second kappa shape index (κ2) is 5.59. The predicted octanol–water partition coefficient (Wildman–Crippen LogP) is 3.91. The summed E-state index contributed by atoms with van der Waals surface area (Å²) in [6.45, 7) is 4.35. The molecule has 96 valence electrons. The maximum Gasteiger partial charge on any atom is 0.135 e. The highest BCUT2D eigenvalue weighted by Gasteiger charge is 2.22. The minimum Gasteiger partial charge on any atom is -0.383 e. The summed E-state index contributed by atoms with van der Waals surface area (Å²) in [5.74, 6) is 1.78. The highest BCUT2D eigenvalue weighted by atomic mass is 127. The molecule has 1 aromatic rings. The van der Waals surface area contributed by atoms with Crippen LogP contribution in [0.3, 0.4) is 0 Å². The van der Waals surface area contributed by atoms with Crippen LogP contribution >= 0.6 is 22.6 Å². The number of aromatic nitrogens is 2.